The van der Waals surface area contributed by atoms with Gasteiger partial charge in [-0.05, 0) is 19.8 Å². The lowest BCUT2D eigenvalue weighted by Crippen LogP contribution is -2.47. The molecule has 1 rings (SSSR count). The van der Waals surface area contributed by atoms with Gasteiger partial charge in [0.1, 0.15) is 0 Å². The van der Waals surface area contributed by atoms with Gasteiger partial charge < -0.3 is 10.8 Å². The lowest BCUT2D eigenvalue weighted by atomic mass is 9.72. The molecule has 1 fully saturated rings. The van der Waals surface area contributed by atoms with Gasteiger partial charge in [-0.2, -0.15) is 0 Å². The van der Waals surface area contributed by atoms with Gasteiger partial charge >= 0.3 is 5.97 Å². The van der Waals surface area contributed by atoms with Crippen molar-refractivity contribution in [2.45, 2.75) is 38.6 Å². The molecule has 0 aliphatic heterocycles. The summed E-state index contributed by atoms with van der Waals surface area (Å²) in [7, 11) is 0. The molecule has 0 bridgehead atoms. The van der Waals surface area contributed by atoms with Crippen molar-refractivity contribution in [3.05, 3.63) is 0 Å². The number of carboxylic acid groups (broad SMARTS) is 1. The van der Waals surface area contributed by atoms with E-state index in [9.17, 15) is 4.79 Å². The van der Waals surface area contributed by atoms with Crippen LogP contribution in [0, 0.1) is 5.41 Å². The number of carbonyl (C=O) groups is 1. The first kappa shape index (κ1) is 8.53. The minimum absolute atomic E-state index is 0.159. The van der Waals surface area contributed by atoms with Crippen LogP contribution in [0.25, 0.3) is 0 Å². The Balaban J connectivity index is 2.72. The standard InChI is InChI=1S/C8H15NO2/c1-8(7(10)11)5-3-2-4-6(8)9/h6H,2-5,9H2,1H3,(H,10,11)/t6-,8+/m0/s1. The first-order valence-electron chi connectivity index (χ1n) is 4.06. The van der Waals surface area contributed by atoms with Crippen LogP contribution in [-0.2, 0) is 4.79 Å². The lowest BCUT2D eigenvalue weighted by molar-refractivity contribution is -0.150. The van der Waals surface area contributed by atoms with Gasteiger partial charge in [-0.25, -0.2) is 0 Å². The summed E-state index contributed by atoms with van der Waals surface area (Å²) in [5, 5.41) is 8.89. The van der Waals surface area contributed by atoms with E-state index in [0.717, 1.165) is 25.7 Å². The normalized spacial score (nSPS) is 38.5. The molecule has 0 aromatic heterocycles. The summed E-state index contributed by atoms with van der Waals surface area (Å²) in [5.74, 6) is -0.746. The van der Waals surface area contributed by atoms with E-state index >= 15 is 0 Å². The number of hydrogen-bond acceptors (Lipinski definition) is 2. The molecular formula is C8H15NO2. The van der Waals surface area contributed by atoms with Crippen molar-refractivity contribution in [2.75, 3.05) is 0 Å². The fourth-order valence-corrected chi connectivity index (χ4v) is 1.63. The van der Waals surface area contributed by atoms with Crippen LogP contribution in [0.1, 0.15) is 32.6 Å². The molecule has 0 spiro atoms. The SMILES string of the molecule is C[C@@]1(C(=O)O)CCCC[C@@H]1N. The predicted molar refractivity (Wildman–Crippen MR) is 42.2 cm³/mol. The molecule has 0 unspecified atom stereocenters. The lowest BCUT2D eigenvalue weighted by Gasteiger charge is -2.35. The topological polar surface area (TPSA) is 63.3 Å². The van der Waals surface area contributed by atoms with Gasteiger partial charge in [-0.1, -0.05) is 12.8 Å². The molecule has 64 valence electrons. The van der Waals surface area contributed by atoms with E-state index in [-0.39, 0.29) is 6.04 Å². The van der Waals surface area contributed by atoms with Crippen LogP contribution in [0.2, 0.25) is 0 Å². The minimum Gasteiger partial charge on any atom is -0.481 e. The highest BCUT2D eigenvalue weighted by atomic mass is 16.4. The summed E-state index contributed by atoms with van der Waals surface area (Å²) in [6, 6.07) is -0.159. The molecule has 1 saturated carbocycles. The summed E-state index contributed by atoms with van der Waals surface area (Å²) >= 11 is 0. The van der Waals surface area contributed by atoms with Gasteiger partial charge in [0.15, 0.2) is 0 Å². The van der Waals surface area contributed by atoms with Crippen LogP contribution in [0.4, 0.5) is 0 Å². The minimum atomic E-state index is -0.746. The molecule has 0 aromatic rings. The Kier molecular flexibility index (Phi) is 2.18. The molecule has 0 saturated heterocycles. The third-order valence-electron chi connectivity index (χ3n) is 2.77. The molecule has 3 N–H and O–H groups in total. The highest BCUT2D eigenvalue weighted by molar-refractivity contribution is 5.75. The fourth-order valence-electron chi connectivity index (χ4n) is 1.63. The number of rotatable bonds is 1. The number of nitrogens with two attached hydrogens (primary N) is 1. The van der Waals surface area contributed by atoms with Crippen molar-refractivity contribution in [2.24, 2.45) is 11.1 Å². The van der Waals surface area contributed by atoms with Crippen molar-refractivity contribution in [3.8, 4) is 0 Å². The zero-order chi connectivity index (χ0) is 8.48. The third kappa shape index (κ3) is 1.38. The van der Waals surface area contributed by atoms with Gasteiger partial charge in [0.05, 0.1) is 5.41 Å². The molecule has 3 heteroatoms. The van der Waals surface area contributed by atoms with E-state index in [1.54, 1.807) is 6.92 Å². The maximum atomic E-state index is 10.8. The van der Waals surface area contributed by atoms with Crippen LogP contribution in [0.3, 0.4) is 0 Å². The predicted octanol–water partition coefficient (Wildman–Crippen LogP) is 0.979. The van der Waals surface area contributed by atoms with Crippen LogP contribution < -0.4 is 5.73 Å². The first-order valence-corrected chi connectivity index (χ1v) is 4.06. The van der Waals surface area contributed by atoms with Crippen molar-refractivity contribution in [1.82, 2.24) is 0 Å². The van der Waals surface area contributed by atoms with Crippen LogP contribution in [-0.4, -0.2) is 17.1 Å². The second-order valence-electron chi connectivity index (χ2n) is 3.57. The smallest absolute Gasteiger partial charge is 0.310 e. The maximum Gasteiger partial charge on any atom is 0.310 e. The van der Waals surface area contributed by atoms with Gasteiger partial charge in [0.2, 0.25) is 0 Å². The highest BCUT2D eigenvalue weighted by Crippen LogP contribution is 2.34. The number of aliphatic carboxylic acids is 1. The van der Waals surface area contributed by atoms with E-state index < -0.39 is 11.4 Å². The average Bonchev–Trinajstić information content (AvgIpc) is 1.95. The Morgan fingerprint density at radius 1 is 1.64 bits per heavy atom. The molecule has 0 aromatic carbocycles. The van der Waals surface area contributed by atoms with Crippen molar-refractivity contribution < 1.29 is 9.90 Å². The number of carboxylic acids is 1. The van der Waals surface area contributed by atoms with Gasteiger partial charge in [-0.3, -0.25) is 4.79 Å². The van der Waals surface area contributed by atoms with Crippen LogP contribution in [0.15, 0.2) is 0 Å². The fraction of sp³-hybridized carbons (Fsp3) is 0.875. The maximum absolute atomic E-state index is 10.8. The molecule has 1 aliphatic rings. The van der Waals surface area contributed by atoms with Gasteiger partial charge in [0, 0.05) is 6.04 Å². The number of hydrogen-bond donors (Lipinski definition) is 2. The molecular weight excluding hydrogens is 142 g/mol. The van der Waals surface area contributed by atoms with E-state index in [1.165, 1.54) is 0 Å². The molecule has 1 aliphatic carbocycles. The van der Waals surface area contributed by atoms with Gasteiger partial charge in [-0.15, -0.1) is 0 Å². The summed E-state index contributed by atoms with van der Waals surface area (Å²) in [6.45, 7) is 1.75. The van der Waals surface area contributed by atoms with Crippen molar-refractivity contribution in [3.63, 3.8) is 0 Å². The molecule has 11 heavy (non-hydrogen) atoms. The second-order valence-corrected chi connectivity index (χ2v) is 3.57. The molecule has 3 nitrogen and oxygen atoms in total. The molecule has 2 atom stereocenters. The average molecular weight is 157 g/mol. The summed E-state index contributed by atoms with van der Waals surface area (Å²) in [6.07, 6.45) is 3.65. The Bertz CT molecular complexity index is 169. The Morgan fingerprint density at radius 3 is 2.64 bits per heavy atom. The van der Waals surface area contributed by atoms with E-state index in [1.807, 2.05) is 0 Å². The van der Waals surface area contributed by atoms with Gasteiger partial charge in [0.25, 0.3) is 0 Å². The van der Waals surface area contributed by atoms with Crippen molar-refractivity contribution >= 4 is 5.97 Å². The zero-order valence-corrected chi connectivity index (χ0v) is 6.84. The van der Waals surface area contributed by atoms with E-state index in [4.69, 9.17) is 10.8 Å². The van der Waals surface area contributed by atoms with E-state index in [2.05, 4.69) is 0 Å². The molecule has 0 amide bonds. The summed E-state index contributed by atoms with van der Waals surface area (Å²) in [4.78, 5) is 10.8. The molecule has 0 radical (unpaired) electrons. The zero-order valence-electron chi connectivity index (χ0n) is 6.84. The Hall–Kier alpha value is -0.570. The van der Waals surface area contributed by atoms with E-state index in [0.29, 0.717) is 0 Å². The van der Waals surface area contributed by atoms with Crippen LogP contribution in [0.5, 0.6) is 0 Å². The summed E-state index contributed by atoms with van der Waals surface area (Å²) in [5.41, 5.74) is 5.06. The first-order chi connectivity index (χ1) is 5.07. The van der Waals surface area contributed by atoms with Crippen molar-refractivity contribution in [1.29, 1.82) is 0 Å². The largest absolute Gasteiger partial charge is 0.481 e. The molecule has 0 heterocycles. The third-order valence-corrected chi connectivity index (χ3v) is 2.77. The second kappa shape index (κ2) is 2.81. The monoisotopic (exact) mass is 157 g/mol. The van der Waals surface area contributed by atoms with Crippen LogP contribution >= 0.6 is 0 Å². The Labute approximate surface area is 66.6 Å². The Morgan fingerprint density at radius 2 is 2.27 bits per heavy atom. The summed E-state index contributed by atoms with van der Waals surface area (Å²) < 4.78 is 0. The quantitative estimate of drug-likeness (QED) is 0.596. The highest BCUT2D eigenvalue weighted by Gasteiger charge is 2.40.